The number of nitrogens with one attached hydrogen (secondary N) is 4. The maximum atomic E-state index is 12.0. The first kappa shape index (κ1) is 19.9. The number of piperazine rings is 1. The van der Waals surface area contributed by atoms with Crippen LogP contribution in [0.4, 0.5) is 0 Å². The Bertz CT molecular complexity index is 446. The molecule has 1 aliphatic heterocycles. The summed E-state index contributed by atoms with van der Waals surface area (Å²) in [6.07, 6.45) is 0.823. The van der Waals surface area contributed by atoms with Crippen LogP contribution in [0.1, 0.15) is 53.4 Å². The lowest BCUT2D eigenvalue weighted by atomic mass is 10.0. The minimum Gasteiger partial charge on any atom is -0.354 e. The van der Waals surface area contributed by atoms with Gasteiger partial charge in [-0.15, -0.1) is 0 Å². The minimum absolute atomic E-state index is 0.0358. The van der Waals surface area contributed by atoms with Crippen LogP contribution in [-0.2, 0) is 19.2 Å². The van der Waals surface area contributed by atoms with E-state index in [-0.39, 0.29) is 61.4 Å². The Morgan fingerprint density at radius 3 is 1.46 bits per heavy atom. The van der Waals surface area contributed by atoms with Gasteiger partial charge in [0.15, 0.2) is 0 Å². The standard InChI is InChI=1S/C16H28N4O4/c1-9(2)17-13(21)7-5-11-15(23)20-12(16(24)19-11)6-8-14(22)18-10(3)4/h9-12H,5-8H2,1-4H3,(H,17,21)(H,18,22)(H,19,24)(H,20,23)/t11-,12-/m0/s1. The lowest BCUT2D eigenvalue weighted by Gasteiger charge is -2.29. The summed E-state index contributed by atoms with van der Waals surface area (Å²) < 4.78 is 0. The largest absolute Gasteiger partial charge is 0.354 e. The van der Waals surface area contributed by atoms with Crippen LogP contribution in [0.15, 0.2) is 0 Å². The molecule has 1 saturated heterocycles. The number of carbonyl (C=O) groups excluding carboxylic acids is 4. The molecule has 4 amide bonds. The van der Waals surface area contributed by atoms with Crippen LogP contribution in [0, 0.1) is 0 Å². The second-order valence-corrected chi connectivity index (χ2v) is 6.64. The number of rotatable bonds is 8. The second kappa shape index (κ2) is 9.24. The highest BCUT2D eigenvalue weighted by atomic mass is 16.2. The molecule has 0 aliphatic carbocycles. The molecule has 1 fully saturated rings. The Balaban J connectivity index is 2.41. The molecular weight excluding hydrogens is 312 g/mol. The van der Waals surface area contributed by atoms with Crippen molar-refractivity contribution in [2.75, 3.05) is 0 Å². The molecule has 24 heavy (non-hydrogen) atoms. The van der Waals surface area contributed by atoms with Gasteiger partial charge in [-0.2, -0.15) is 0 Å². The fraction of sp³-hybridized carbons (Fsp3) is 0.750. The van der Waals surface area contributed by atoms with E-state index in [4.69, 9.17) is 0 Å². The van der Waals surface area contributed by atoms with E-state index in [0.717, 1.165) is 0 Å². The van der Waals surface area contributed by atoms with Crippen LogP contribution in [0.5, 0.6) is 0 Å². The highest BCUT2D eigenvalue weighted by molar-refractivity contribution is 5.97. The van der Waals surface area contributed by atoms with E-state index in [1.165, 1.54) is 0 Å². The molecule has 8 heteroatoms. The molecule has 0 radical (unpaired) electrons. The first-order valence-electron chi connectivity index (χ1n) is 8.38. The molecule has 1 rings (SSSR count). The van der Waals surface area contributed by atoms with Gasteiger partial charge >= 0.3 is 0 Å². The molecule has 4 N–H and O–H groups in total. The van der Waals surface area contributed by atoms with E-state index < -0.39 is 12.1 Å². The van der Waals surface area contributed by atoms with E-state index in [1.807, 2.05) is 27.7 Å². The van der Waals surface area contributed by atoms with Crippen molar-refractivity contribution in [2.24, 2.45) is 0 Å². The summed E-state index contributed by atoms with van der Waals surface area (Å²) in [5, 5.41) is 10.7. The van der Waals surface area contributed by atoms with Gasteiger partial charge in [0, 0.05) is 24.9 Å². The average molecular weight is 340 g/mol. The van der Waals surface area contributed by atoms with Crippen molar-refractivity contribution in [2.45, 2.75) is 77.5 Å². The van der Waals surface area contributed by atoms with Gasteiger partial charge in [-0.05, 0) is 40.5 Å². The molecule has 0 bridgehead atoms. The predicted octanol–water partition coefficient (Wildman–Crippen LogP) is -0.421. The summed E-state index contributed by atoms with van der Waals surface area (Å²) in [4.78, 5) is 47.3. The number of amides is 4. The molecule has 0 saturated carbocycles. The molecular formula is C16H28N4O4. The third kappa shape index (κ3) is 6.97. The molecule has 1 aliphatic rings. The first-order chi connectivity index (χ1) is 11.2. The summed E-state index contributed by atoms with van der Waals surface area (Å²) in [6, 6.07) is -1.35. The quantitative estimate of drug-likeness (QED) is 0.480. The molecule has 0 aromatic carbocycles. The lowest BCUT2D eigenvalue weighted by molar-refractivity contribution is -0.137. The smallest absolute Gasteiger partial charge is 0.243 e. The molecule has 0 aromatic rings. The lowest BCUT2D eigenvalue weighted by Crippen LogP contribution is -2.61. The maximum Gasteiger partial charge on any atom is 0.243 e. The number of carbonyl (C=O) groups is 4. The average Bonchev–Trinajstić information content (AvgIpc) is 2.44. The zero-order valence-electron chi connectivity index (χ0n) is 14.8. The van der Waals surface area contributed by atoms with Crippen molar-refractivity contribution in [1.29, 1.82) is 0 Å². The normalized spacial score (nSPS) is 20.6. The summed E-state index contributed by atoms with van der Waals surface area (Å²) in [6.45, 7) is 7.42. The number of hydrogen-bond donors (Lipinski definition) is 4. The van der Waals surface area contributed by atoms with E-state index in [0.29, 0.717) is 0 Å². The SMILES string of the molecule is CC(C)NC(=O)CC[C@@H]1NC(=O)[C@H](CCC(=O)NC(C)C)NC1=O. The zero-order valence-corrected chi connectivity index (χ0v) is 14.8. The van der Waals surface area contributed by atoms with E-state index >= 15 is 0 Å². The van der Waals surface area contributed by atoms with E-state index in [9.17, 15) is 19.2 Å². The fourth-order valence-electron chi connectivity index (χ4n) is 2.42. The van der Waals surface area contributed by atoms with Crippen molar-refractivity contribution in [3.63, 3.8) is 0 Å². The first-order valence-corrected chi connectivity index (χ1v) is 8.38. The third-order valence-corrected chi connectivity index (χ3v) is 3.49. The van der Waals surface area contributed by atoms with Crippen molar-refractivity contribution in [3.8, 4) is 0 Å². The molecule has 0 spiro atoms. The van der Waals surface area contributed by atoms with Gasteiger partial charge in [0.2, 0.25) is 23.6 Å². The van der Waals surface area contributed by atoms with Gasteiger partial charge in [0.25, 0.3) is 0 Å². The van der Waals surface area contributed by atoms with Crippen LogP contribution in [0.25, 0.3) is 0 Å². The summed E-state index contributed by atoms with van der Waals surface area (Å²) in [5.74, 6) is -0.943. The van der Waals surface area contributed by atoms with Gasteiger partial charge in [0.1, 0.15) is 12.1 Å². The highest BCUT2D eigenvalue weighted by Crippen LogP contribution is 2.08. The fourth-order valence-corrected chi connectivity index (χ4v) is 2.42. The predicted molar refractivity (Wildman–Crippen MR) is 88.9 cm³/mol. The van der Waals surface area contributed by atoms with Gasteiger partial charge < -0.3 is 21.3 Å². The van der Waals surface area contributed by atoms with E-state index in [2.05, 4.69) is 21.3 Å². The Kier molecular flexibility index (Phi) is 7.67. The Labute approximate surface area is 142 Å². The van der Waals surface area contributed by atoms with Crippen LogP contribution >= 0.6 is 0 Å². The van der Waals surface area contributed by atoms with Crippen molar-refractivity contribution in [3.05, 3.63) is 0 Å². The van der Waals surface area contributed by atoms with Gasteiger partial charge in [-0.1, -0.05) is 0 Å². The molecule has 1 heterocycles. The Hall–Kier alpha value is -2.12. The van der Waals surface area contributed by atoms with Crippen molar-refractivity contribution >= 4 is 23.6 Å². The van der Waals surface area contributed by atoms with E-state index in [1.54, 1.807) is 0 Å². The Morgan fingerprint density at radius 2 is 1.17 bits per heavy atom. The summed E-state index contributed by atoms with van der Waals surface area (Å²) in [7, 11) is 0. The topological polar surface area (TPSA) is 116 Å². The summed E-state index contributed by atoms with van der Waals surface area (Å²) in [5.41, 5.74) is 0. The van der Waals surface area contributed by atoms with Crippen molar-refractivity contribution in [1.82, 2.24) is 21.3 Å². The van der Waals surface area contributed by atoms with Crippen molar-refractivity contribution < 1.29 is 19.2 Å². The maximum absolute atomic E-state index is 12.0. The van der Waals surface area contributed by atoms with Gasteiger partial charge in [-0.3, -0.25) is 19.2 Å². The van der Waals surface area contributed by atoms with Crippen LogP contribution in [0.2, 0.25) is 0 Å². The minimum atomic E-state index is -0.712. The Morgan fingerprint density at radius 1 is 0.833 bits per heavy atom. The molecule has 2 atom stereocenters. The second-order valence-electron chi connectivity index (χ2n) is 6.64. The summed E-state index contributed by atoms with van der Waals surface area (Å²) >= 11 is 0. The van der Waals surface area contributed by atoms with Crippen LogP contribution < -0.4 is 21.3 Å². The monoisotopic (exact) mass is 340 g/mol. The van der Waals surface area contributed by atoms with Crippen LogP contribution in [0.3, 0.4) is 0 Å². The highest BCUT2D eigenvalue weighted by Gasteiger charge is 2.33. The molecule has 8 nitrogen and oxygen atoms in total. The molecule has 0 unspecified atom stereocenters. The van der Waals surface area contributed by atoms with Gasteiger partial charge in [-0.25, -0.2) is 0 Å². The number of hydrogen-bond acceptors (Lipinski definition) is 4. The molecule has 136 valence electrons. The zero-order chi connectivity index (χ0) is 18.3. The third-order valence-electron chi connectivity index (χ3n) is 3.49. The van der Waals surface area contributed by atoms with Gasteiger partial charge in [0.05, 0.1) is 0 Å². The molecule has 0 aromatic heterocycles. The van der Waals surface area contributed by atoms with Crippen LogP contribution in [-0.4, -0.2) is 47.8 Å².